The van der Waals surface area contributed by atoms with E-state index in [1.165, 1.54) is 77.5 Å². The summed E-state index contributed by atoms with van der Waals surface area (Å²) in [7, 11) is 0. The molecule has 0 amide bonds. The molecule has 0 aromatic heterocycles. The lowest BCUT2D eigenvalue weighted by atomic mass is 9.61. The molecule has 0 saturated carbocycles. The lowest BCUT2D eigenvalue weighted by Gasteiger charge is -2.40. The summed E-state index contributed by atoms with van der Waals surface area (Å²) in [5.74, 6) is 0. The van der Waals surface area contributed by atoms with Crippen LogP contribution in [0.1, 0.15) is 44.5 Å². The Hall–Kier alpha value is -4.42. The molecule has 0 unspecified atom stereocenters. The number of fused-ring (bicyclic) bond motifs is 15. The van der Waals surface area contributed by atoms with Crippen LogP contribution < -0.4 is 0 Å². The van der Waals surface area contributed by atoms with Crippen LogP contribution in [0.2, 0.25) is 0 Å². The Morgan fingerprint density at radius 1 is 0.405 bits per heavy atom. The summed E-state index contributed by atoms with van der Waals surface area (Å²) in [6, 6.07) is 45.9. The van der Waals surface area contributed by atoms with Crippen LogP contribution >= 0.6 is 0 Å². The molecule has 0 N–H and O–H groups in total. The van der Waals surface area contributed by atoms with Crippen LogP contribution in [0, 0.1) is 0 Å². The second kappa shape index (κ2) is 6.87. The van der Waals surface area contributed by atoms with E-state index in [9.17, 15) is 0 Å². The Bertz CT molecular complexity index is 1890. The zero-order chi connectivity index (χ0) is 24.1. The molecule has 6 aromatic rings. The topological polar surface area (TPSA) is 0 Å². The van der Waals surface area contributed by atoms with E-state index in [0.717, 1.165) is 12.8 Å². The first-order valence-corrected chi connectivity index (χ1v) is 13.3. The molecule has 0 fully saturated rings. The fraction of sp³-hybridized carbons (Fsp3) is 0.0811. The van der Waals surface area contributed by atoms with Gasteiger partial charge in [-0.25, -0.2) is 0 Å². The van der Waals surface area contributed by atoms with Gasteiger partial charge in [0.25, 0.3) is 0 Å². The van der Waals surface area contributed by atoms with E-state index >= 15 is 0 Å². The van der Waals surface area contributed by atoms with Gasteiger partial charge in [0.15, 0.2) is 0 Å². The van der Waals surface area contributed by atoms with E-state index in [-0.39, 0.29) is 5.41 Å². The van der Waals surface area contributed by atoms with Crippen molar-refractivity contribution in [2.45, 2.75) is 18.3 Å². The molecule has 3 aliphatic rings. The maximum absolute atomic E-state index is 2.46. The highest BCUT2D eigenvalue weighted by atomic mass is 14.5. The lowest BCUT2D eigenvalue weighted by molar-refractivity contribution is 0.722. The van der Waals surface area contributed by atoms with Crippen molar-refractivity contribution in [2.75, 3.05) is 0 Å². The third kappa shape index (κ3) is 2.30. The van der Waals surface area contributed by atoms with Crippen molar-refractivity contribution < 1.29 is 0 Å². The SMILES string of the molecule is c1ccc2c(c1)Cc1c-2ccc2c1-c1c(ccc3ccccc13)C21c2ccccc2Cc2ccccc21. The highest BCUT2D eigenvalue weighted by Gasteiger charge is 2.51. The minimum atomic E-state index is -0.302. The predicted octanol–water partition coefficient (Wildman–Crippen LogP) is 8.68. The van der Waals surface area contributed by atoms with E-state index in [4.69, 9.17) is 0 Å². The van der Waals surface area contributed by atoms with Crippen LogP contribution in [-0.4, -0.2) is 0 Å². The van der Waals surface area contributed by atoms with E-state index in [1.807, 2.05) is 0 Å². The van der Waals surface area contributed by atoms with E-state index in [2.05, 4.69) is 121 Å². The van der Waals surface area contributed by atoms with Crippen LogP contribution in [0.25, 0.3) is 33.0 Å². The third-order valence-electron chi connectivity index (χ3n) is 9.20. The van der Waals surface area contributed by atoms with Crippen LogP contribution in [0.4, 0.5) is 0 Å². The lowest BCUT2D eigenvalue weighted by Crippen LogP contribution is -2.34. The van der Waals surface area contributed by atoms with Gasteiger partial charge < -0.3 is 0 Å². The first-order valence-electron chi connectivity index (χ1n) is 13.3. The Kier molecular flexibility index (Phi) is 3.66. The average molecular weight is 469 g/mol. The summed E-state index contributed by atoms with van der Waals surface area (Å²) in [6.07, 6.45) is 1.99. The number of hydrogen-bond acceptors (Lipinski definition) is 0. The molecule has 0 radical (unpaired) electrons. The average Bonchev–Trinajstić information content (AvgIpc) is 3.48. The molecule has 0 saturated heterocycles. The van der Waals surface area contributed by atoms with Crippen LogP contribution in [-0.2, 0) is 18.3 Å². The Morgan fingerprint density at radius 3 is 1.84 bits per heavy atom. The number of rotatable bonds is 0. The summed E-state index contributed by atoms with van der Waals surface area (Å²) in [6.45, 7) is 0. The summed E-state index contributed by atoms with van der Waals surface area (Å²) < 4.78 is 0. The molecule has 0 heterocycles. The van der Waals surface area contributed by atoms with E-state index < -0.39 is 0 Å². The van der Waals surface area contributed by atoms with Gasteiger partial charge >= 0.3 is 0 Å². The molecule has 0 bridgehead atoms. The maximum Gasteiger partial charge on any atom is 0.0719 e. The fourth-order valence-corrected chi connectivity index (χ4v) is 7.82. The first kappa shape index (κ1) is 19.7. The number of hydrogen-bond donors (Lipinski definition) is 0. The zero-order valence-electron chi connectivity index (χ0n) is 20.5. The second-order valence-electron chi connectivity index (χ2n) is 10.8. The van der Waals surface area contributed by atoms with Gasteiger partial charge in [-0.3, -0.25) is 0 Å². The molecule has 9 rings (SSSR count). The van der Waals surface area contributed by atoms with Gasteiger partial charge in [0.2, 0.25) is 0 Å². The summed E-state index contributed by atoms with van der Waals surface area (Å²) in [4.78, 5) is 0. The minimum absolute atomic E-state index is 0.302. The summed E-state index contributed by atoms with van der Waals surface area (Å²) >= 11 is 0. The van der Waals surface area contributed by atoms with Gasteiger partial charge in [-0.1, -0.05) is 121 Å². The van der Waals surface area contributed by atoms with Crippen LogP contribution in [0.3, 0.4) is 0 Å². The van der Waals surface area contributed by atoms with Gasteiger partial charge in [-0.15, -0.1) is 0 Å². The van der Waals surface area contributed by atoms with Gasteiger partial charge in [0.05, 0.1) is 5.41 Å². The van der Waals surface area contributed by atoms with E-state index in [1.54, 1.807) is 0 Å². The highest BCUT2D eigenvalue weighted by Crippen LogP contribution is 2.62. The van der Waals surface area contributed by atoms with E-state index in [0.29, 0.717) is 0 Å². The predicted molar refractivity (Wildman–Crippen MR) is 152 cm³/mol. The Labute approximate surface area is 216 Å². The molecule has 0 aliphatic heterocycles. The highest BCUT2D eigenvalue weighted by molar-refractivity contribution is 6.07. The fourth-order valence-electron chi connectivity index (χ4n) is 7.82. The van der Waals surface area contributed by atoms with Gasteiger partial charge in [0, 0.05) is 0 Å². The molecule has 3 aliphatic carbocycles. The Morgan fingerprint density at radius 2 is 1.03 bits per heavy atom. The van der Waals surface area contributed by atoms with Crippen molar-refractivity contribution in [1.29, 1.82) is 0 Å². The summed E-state index contributed by atoms with van der Waals surface area (Å²) in [5, 5.41) is 2.68. The van der Waals surface area contributed by atoms with Crippen molar-refractivity contribution in [3.63, 3.8) is 0 Å². The maximum atomic E-state index is 2.46. The largest absolute Gasteiger partial charge is 0.0719 e. The molecule has 172 valence electrons. The third-order valence-corrected chi connectivity index (χ3v) is 9.20. The standard InChI is InChI=1S/C37H24/c1-6-14-28-23(9-1)17-19-33-35(28)36-30-22-24-10-2-5-13-27(24)29(30)18-20-34(36)37(33)31-15-7-3-11-25(31)21-26-12-4-8-16-32(26)37/h1-20H,21-22H2. The van der Waals surface area contributed by atoms with Gasteiger partial charge in [-0.05, 0) is 90.4 Å². The van der Waals surface area contributed by atoms with Crippen LogP contribution in [0.5, 0.6) is 0 Å². The molecule has 0 heteroatoms. The van der Waals surface area contributed by atoms with Crippen molar-refractivity contribution in [3.8, 4) is 22.3 Å². The quantitative estimate of drug-likeness (QED) is 0.209. The first-order chi connectivity index (χ1) is 18.4. The van der Waals surface area contributed by atoms with Crippen molar-refractivity contribution in [3.05, 3.63) is 166 Å². The smallest absolute Gasteiger partial charge is 0.0620 e. The van der Waals surface area contributed by atoms with Crippen LogP contribution in [0.15, 0.2) is 121 Å². The number of benzene rings is 6. The minimum Gasteiger partial charge on any atom is -0.0620 e. The normalized spacial score (nSPS) is 15.0. The van der Waals surface area contributed by atoms with Gasteiger partial charge in [-0.2, -0.15) is 0 Å². The van der Waals surface area contributed by atoms with Crippen molar-refractivity contribution in [2.24, 2.45) is 0 Å². The molecule has 0 nitrogen and oxygen atoms in total. The molecule has 37 heavy (non-hydrogen) atoms. The van der Waals surface area contributed by atoms with Gasteiger partial charge in [0.1, 0.15) is 0 Å². The molecule has 6 aromatic carbocycles. The van der Waals surface area contributed by atoms with Crippen molar-refractivity contribution in [1.82, 2.24) is 0 Å². The second-order valence-corrected chi connectivity index (χ2v) is 10.8. The molecule has 0 atom stereocenters. The molecular weight excluding hydrogens is 444 g/mol. The zero-order valence-corrected chi connectivity index (χ0v) is 20.5. The molecule has 1 spiro atoms. The Balaban J connectivity index is 1.51. The monoisotopic (exact) mass is 468 g/mol. The van der Waals surface area contributed by atoms with Crippen molar-refractivity contribution >= 4 is 10.8 Å². The molecular formula is C37H24. The summed E-state index contributed by atoms with van der Waals surface area (Å²) in [5.41, 5.74) is 17.0.